The molecule has 8 heteroatoms. The monoisotopic (exact) mass is 474 g/mol. The van der Waals surface area contributed by atoms with E-state index in [1.807, 2.05) is 103 Å². The first kappa shape index (κ1) is 23.4. The van der Waals surface area contributed by atoms with E-state index in [1.165, 1.54) is 11.8 Å². The normalized spacial score (nSPS) is 12.6. The van der Waals surface area contributed by atoms with Gasteiger partial charge in [-0.25, -0.2) is 0 Å². The Hall–Kier alpha value is -3.78. The number of nitrogens with zero attached hydrogens (tertiary/aromatic N) is 3. The topological polar surface area (TPSA) is 78.3 Å². The number of thioether (sulfide) groups is 1. The molecule has 1 amide bonds. The second-order valence-electron chi connectivity index (χ2n) is 7.54. The van der Waals surface area contributed by atoms with Crippen molar-refractivity contribution in [1.29, 1.82) is 0 Å². The lowest BCUT2D eigenvalue weighted by atomic mass is 10.3. The van der Waals surface area contributed by atoms with Crippen LogP contribution in [0.1, 0.15) is 25.8 Å². The number of amides is 1. The highest BCUT2D eigenvalue weighted by Gasteiger charge is 2.25. The van der Waals surface area contributed by atoms with Crippen LogP contribution in [0.3, 0.4) is 0 Å². The number of aromatic nitrogens is 3. The third-order valence-electron chi connectivity index (χ3n) is 5.10. The summed E-state index contributed by atoms with van der Waals surface area (Å²) in [5, 5.41) is 12.0. The summed E-state index contributed by atoms with van der Waals surface area (Å²) in [5.74, 6) is 1.76. The van der Waals surface area contributed by atoms with Gasteiger partial charge in [0, 0.05) is 11.4 Å². The molecule has 0 aliphatic heterocycles. The van der Waals surface area contributed by atoms with Crippen LogP contribution >= 0.6 is 11.8 Å². The van der Waals surface area contributed by atoms with Crippen molar-refractivity contribution in [3.05, 3.63) is 90.8 Å². The first-order valence-corrected chi connectivity index (χ1v) is 11.8. The second kappa shape index (κ2) is 10.9. The van der Waals surface area contributed by atoms with Crippen molar-refractivity contribution in [3.8, 4) is 17.2 Å². The van der Waals surface area contributed by atoms with Crippen LogP contribution in [0.15, 0.2) is 90.1 Å². The van der Waals surface area contributed by atoms with Gasteiger partial charge in [0.2, 0.25) is 5.91 Å². The molecule has 7 nitrogen and oxygen atoms in total. The molecule has 0 saturated carbocycles. The molecular weight excluding hydrogens is 448 g/mol. The summed E-state index contributed by atoms with van der Waals surface area (Å²) in [4.78, 5) is 12.8. The van der Waals surface area contributed by atoms with Gasteiger partial charge in [0.1, 0.15) is 0 Å². The van der Waals surface area contributed by atoms with Crippen molar-refractivity contribution in [2.24, 2.45) is 0 Å². The SMILES string of the molecule is COc1ccccc1OC(C)c1nnc(SC(C)C(=O)Nc2ccccc2)n1-c1ccccc1. The van der Waals surface area contributed by atoms with Gasteiger partial charge in [0.25, 0.3) is 0 Å². The average Bonchev–Trinajstić information content (AvgIpc) is 3.29. The number of hydrogen-bond donors (Lipinski definition) is 1. The van der Waals surface area contributed by atoms with Crippen molar-refractivity contribution in [2.75, 3.05) is 12.4 Å². The first-order valence-electron chi connectivity index (χ1n) is 10.9. The maximum absolute atomic E-state index is 12.8. The van der Waals surface area contributed by atoms with Gasteiger partial charge >= 0.3 is 0 Å². The van der Waals surface area contributed by atoms with E-state index < -0.39 is 11.4 Å². The minimum atomic E-state index is -0.424. The zero-order valence-corrected chi connectivity index (χ0v) is 20.0. The number of anilines is 1. The summed E-state index contributed by atoms with van der Waals surface area (Å²) >= 11 is 1.34. The van der Waals surface area contributed by atoms with Crippen LogP contribution in [0, 0.1) is 0 Å². The second-order valence-corrected chi connectivity index (χ2v) is 8.85. The van der Waals surface area contributed by atoms with Crippen molar-refractivity contribution >= 4 is 23.4 Å². The molecule has 34 heavy (non-hydrogen) atoms. The van der Waals surface area contributed by atoms with E-state index in [9.17, 15) is 4.79 Å². The van der Waals surface area contributed by atoms with Crippen LogP contribution in [0.5, 0.6) is 11.5 Å². The highest BCUT2D eigenvalue weighted by Crippen LogP contribution is 2.33. The number of rotatable bonds is 9. The van der Waals surface area contributed by atoms with Crippen LogP contribution in [-0.2, 0) is 4.79 Å². The van der Waals surface area contributed by atoms with E-state index in [1.54, 1.807) is 7.11 Å². The summed E-state index contributed by atoms with van der Waals surface area (Å²) < 4.78 is 13.5. The molecule has 0 saturated heterocycles. The van der Waals surface area contributed by atoms with Gasteiger partial charge in [-0.1, -0.05) is 60.3 Å². The van der Waals surface area contributed by atoms with Crippen LogP contribution in [-0.4, -0.2) is 33.0 Å². The molecule has 4 rings (SSSR count). The zero-order chi connectivity index (χ0) is 23.9. The van der Waals surface area contributed by atoms with Gasteiger partial charge in [-0.2, -0.15) is 0 Å². The van der Waals surface area contributed by atoms with Gasteiger partial charge in [0.15, 0.2) is 28.6 Å². The van der Waals surface area contributed by atoms with Gasteiger partial charge in [-0.15, -0.1) is 10.2 Å². The molecular formula is C26H26N4O3S. The lowest BCUT2D eigenvalue weighted by Crippen LogP contribution is -2.23. The highest BCUT2D eigenvalue weighted by atomic mass is 32.2. The summed E-state index contributed by atoms with van der Waals surface area (Å²) in [6.07, 6.45) is -0.424. The highest BCUT2D eigenvalue weighted by molar-refractivity contribution is 8.00. The third kappa shape index (κ3) is 5.40. The Labute approximate surface area is 203 Å². The van der Waals surface area contributed by atoms with Crippen molar-refractivity contribution in [1.82, 2.24) is 14.8 Å². The van der Waals surface area contributed by atoms with Crippen LogP contribution < -0.4 is 14.8 Å². The third-order valence-corrected chi connectivity index (χ3v) is 6.14. The van der Waals surface area contributed by atoms with Gasteiger partial charge in [0.05, 0.1) is 12.4 Å². The summed E-state index contributed by atoms with van der Waals surface area (Å²) in [6.45, 7) is 3.76. The summed E-state index contributed by atoms with van der Waals surface area (Å²) in [6, 6.07) is 26.7. The van der Waals surface area contributed by atoms with E-state index in [4.69, 9.17) is 9.47 Å². The molecule has 4 aromatic rings. The fourth-order valence-electron chi connectivity index (χ4n) is 3.38. The lowest BCUT2D eigenvalue weighted by Gasteiger charge is -2.18. The van der Waals surface area contributed by atoms with Crippen molar-refractivity contribution in [3.63, 3.8) is 0 Å². The van der Waals surface area contributed by atoms with Crippen molar-refractivity contribution in [2.45, 2.75) is 30.4 Å². The van der Waals surface area contributed by atoms with E-state index in [-0.39, 0.29) is 5.91 Å². The predicted molar refractivity (Wildman–Crippen MR) is 134 cm³/mol. The molecule has 0 radical (unpaired) electrons. The van der Waals surface area contributed by atoms with Gasteiger partial charge in [-0.05, 0) is 50.2 Å². The molecule has 1 N–H and O–H groups in total. The number of methoxy groups -OCH3 is 1. The number of nitrogens with one attached hydrogen (secondary N) is 1. The standard InChI is InChI=1S/C26H26N4O3S/c1-18(33-23-17-11-10-16-22(23)32-3)24-28-29-26(30(24)21-14-8-5-9-15-21)34-19(2)25(31)27-20-12-6-4-7-13-20/h4-19H,1-3H3,(H,27,31). The molecule has 3 aromatic carbocycles. The molecule has 0 spiro atoms. The maximum atomic E-state index is 12.8. The maximum Gasteiger partial charge on any atom is 0.237 e. The smallest absolute Gasteiger partial charge is 0.237 e. The van der Waals surface area contributed by atoms with E-state index in [0.717, 1.165) is 11.4 Å². The molecule has 1 aromatic heterocycles. The number of ether oxygens (including phenoxy) is 2. The largest absolute Gasteiger partial charge is 0.493 e. The Balaban J connectivity index is 1.60. The fourth-order valence-corrected chi connectivity index (χ4v) is 4.25. The predicted octanol–water partition coefficient (Wildman–Crippen LogP) is 5.54. The number of carbonyl (C=O) groups excluding carboxylic acids is 1. The molecule has 2 atom stereocenters. The molecule has 2 unspecified atom stereocenters. The Morgan fingerprint density at radius 2 is 1.50 bits per heavy atom. The molecule has 0 aliphatic rings. The average molecular weight is 475 g/mol. The molecule has 174 valence electrons. The number of carbonyl (C=O) groups is 1. The minimum absolute atomic E-state index is 0.112. The lowest BCUT2D eigenvalue weighted by molar-refractivity contribution is -0.115. The number of para-hydroxylation sites is 4. The van der Waals surface area contributed by atoms with Crippen LogP contribution in [0.2, 0.25) is 0 Å². The van der Waals surface area contributed by atoms with E-state index in [0.29, 0.717) is 22.5 Å². The molecule has 0 aliphatic carbocycles. The Morgan fingerprint density at radius 1 is 0.882 bits per heavy atom. The summed E-state index contributed by atoms with van der Waals surface area (Å²) in [7, 11) is 1.61. The van der Waals surface area contributed by atoms with Gasteiger partial charge < -0.3 is 14.8 Å². The zero-order valence-electron chi connectivity index (χ0n) is 19.2. The van der Waals surface area contributed by atoms with E-state index >= 15 is 0 Å². The molecule has 0 fully saturated rings. The fraction of sp³-hybridized carbons (Fsp3) is 0.192. The number of hydrogen-bond acceptors (Lipinski definition) is 6. The van der Waals surface area contributed by atoms with Gasteiger partial charge in [-0.3, -0.25) is 9.36 Å². The van der Waals surface area contributed by atoms with E-state index in [2.05, 4.69) is 15.5 Å². The Bertz CT molecular complexity index is 1230. The van der Waals surface area contributed by atoms with Crippen LogP contribution in [0.25, 0.3) is 5.69 Å². The summed E-state index contributed by atoms with van der Waals surface area (Å²) in [5.41, 5.74) is 1.64. The minimum Gasteiger partial charge on any atom is -0.493 e. The quantitative estimate of drug-likeness (QED) is 0.321. The molecule has 1 heterocycles. The Kier molecular flexibility index (Phi) is 7.49. The van der Waals surface area contributed by atoms with Crippen LogP contribution in [0.4, 0.5) is 5.69 Å². The first-order chi connectivity index (χ1) is 16.6. The molecule has 0 bridgehead atoms. The van der Waals surface area contributed by atoms with Crippen molar-refractivity contribution < 1.29 is 14.3 Å². The number of benzene rings is 3. The Morgan fingerprint density at radius 3 is 2.18 bits per heavy atom.